The van der Waals surface area contributed by atoms with Gasteiger partial charge in [0.05, 0.1) is 12.2 Å². The fourth-order valence-corrected chi connectivity index (χ4v) is 5.15. The molecule has 0 spiro atoms. The zero-order chi connectivity index (χ0) is 24.2. The summed E-state index contributed by atoms with van der Waals surface area (Å²) in [5, 5.41) is 11.6. The van der Waals surface area contributed by atoms with Gasteiger partial charge in [-0.25, -0.2) is 4.79 Å². The fourth-order valence-electron chi connectivity index (χ4n) is 5.15. The van der Waals surface area contributed by atoms with Crippen molar-refractivity contribution in [1.29, 1.82) is 0 Å². The predicted molar refractivity (Wildman–Crippen MR) is 138 cm³/mol. The standard InChI is InChI=1S/C28H34N6O/c1-21(2)16-17-32-19-27(24-8-4-3-5-9-24)33(28(32)35)18-22-12-14-23(15-13-22)25-10-6-7-11-26(25)34-20-29-30-31-34/h6-7,10-15,19-21,24H,3-5,8-9,16-18H2,1-2H3. The van der Waals surface area contributed by atoms with Crippen LogP contribution in [0.2, 0.25) is 0 Å². The third-order valence-corrected chi connectivity index (χ3v) is 7.15. The molecule has 0 aliphatic heterocycles. The molecule has 1 fully saturated rings. The van der Waals surface area contributed by atoms with Crippen LogP contribution in [-0.2, 0) is 13.1 Å². The first kappa shape index (κ1) is 23.3. The third kappa shape index (κ3) is 5.14. The first-order valence-electron chi connectivity index (χ1n) is 12.8. The van der Waals surface area contributed by atoms with Crippen molar-refractivity contribution in [2.24, 2.45) is 5.92 Å². The zero-order valence-corrected chi connectivity index (χ0v) is 20.7. The summed E-state index contributed by atoms with van der Waals surface area (Å²) in [4.78, 5) is 13.4. The molecule has 7 heteroatoms. The Morgan fingerprint density at radius 1 is 1.00 bits per heavy atom. The SMILES string of the molecule is CC(C)CCn1cc(C2CCCCC2)n(Cc2ccc(-c3ccccc3-n3cnnn3)cc2)c1=O. The molecule has 5 rings (SSSR count). The Balaban J connectivity index is 1.43. The Kier molecular flexibility index (Phi) is 6.93. The van der Waals surface area contributed by atoms with Crippen LogP contribution in [0.15, 0.2) is 65.8 Å². The molecule has 1 saturated carbocycles. The van der Waals surface area contributed by atoms with Crippen LogP contribution in [0, 0.1) is 5.92 Å². The monoisotopic (exact) mass is 470 g/mol. The summed E-state index contributed by atoms with van der Waals surface area (Å²) in [6.45, 7) is 5.82. The van der Waals surface area contributed by atoms with Crippen LogP contribution in [0.3, 0.4) is 0 Å². The molecule has 0 radical (unpaired) electrons. The molecule has 0 bridgehead atoms. The summed E-state index contributed by atoms with van der Waals surface area (Å²) >= 11 is 0. The Morgan fingerprint density at radius 2 is 1.77 bits per heavy atom. The second kappa shape index (κ2) is 10.4. The highest BCUT2D eigenvalue weighted by atomic mass is 16.1. The summed E-state index contributed by atoms with van der Waals surface area (Å²) < 4.78 is 5.65. The number of aromatic nitrogens is 6. The van der Waals surface area contributed by atoms with Gasteiger partial charge in [0, 0.05) is 29.9 Å². The van der Waals surface area contributed by atoms with E-state index in [0.29, 0.717) is 18.4 Å². The van der Waals surface area contributed by atoms with Crippen LogP contribution >= 0.6 is 0 Å². The van der Waals surface area contributed by atoms with Crippen LogP contribution < -0.4 is 5.69 Å². The van der Waals surface area contributed by atoms with Gasteiger partial charge in [0.1, 0.15) is 6.33 Å². The van der Waals surface area contributed by atoms with Crippen molar-refractivity contribution >= 4 is 0 Å². The van der Waals surface area contributed by atoms with E-state index < -0.39 is 0 Å². The molecule has 0 amide bonds. The van der Waals surface area contributed by atoms with Crippen LogP contribution in [0.4, 0.5) is 0 Å². The number of benzene rings is 2. The maximum Gasteiger partial charge on any atom is 0.328 e. The van der Waals surface area contributed by atoms with Crippen molar-refractivity contribution in [1.82, 2.24) is 29.3 Å². The Labute approximate surface area is 206 Å². The molecule has 0 N–H and O–H groups in total. The number of para-hydroxylation sites is 1. The lowest BCUT2D eigenvalue weighted by molar-refractivity contribution is 0.425. The summed E-state index contributed by atoms with van der Waals surface area (Å²) in [6.07, 6.45) is 11.0. The first-order valence-corrected chi connectivity index (χ1v) is 12.8. The maximum absolute atomic E-state index is 13.4. The summed E-state index contributed by atoms with van der Waals surface area (Å²) in [6, 6.07) is 16.6. The van der Waals surface area contributed by atoms with Gasteiger partial charge >= 0.3 is 5.69 Å². The van der Waals surface area contributed by atoms with E-state index in [-0.39, 0.29) is 5.69 Å². The van der Waals surface area contributed by atoms with Crippen LogP contribution in [-0.4, -0.2) is 29.3 Å². The number of hydrogen-bond donors (Lipinski definition) is 0. The van der Waals surface area contributed by atoms with E-state index in [1.807, 2.05) is 27.3 Å². The number of aryl methyl sites for hydroxylation is 1. The average Bonchev–Trinajstić information content (AvgIpc) is 3.53. The molecule has 0 unspecified atom stereocenters. The van der Waals surface area contributed by atoms with Gasteiger partial charge in [-0.2, -0.15) is 4.68 Å². The summed E-state index contributed by atoms with van der Waals surface area (Å²) in [7, 11) is 0. The van der Waals surface area contributed by atoms with E-state index in [0.717, 1.165) is 35.3 Å². The van der Waals surface area contributed by atoms with Gasteiger partial charge in [-0.1, -0.05) is 75.6 Å². The molecular formula is C28H34N6O. The molecule has 7 nitrogen and oxygen atoms in total. The van der Waals surface area contributed by atoms with Gasteiger partial charge in [-0.05, 0) is 52.8 Å². The minimum absolute atomic E-state index is 0.124. The number of rotatable bonds is 8. The van der Waals surface area contributed by atoms with E-state index >= 15 is 0 Å². The average molecular weight is 471 g/mol. The first-order chi connectivity index (χ1) is 17.1. The summed E-state index contributed by atoms with van der Waals surface area (Å²) in [5.74, 6) is 1.06. The van der Waals surface area contributed by atoms with E-state index in [9.17, 15) is 4.79 Å². The largest absolute Gasteiger partial charge is 0.328 e. The zero-order valence-electron chi connectivity index (χ0n) is 20.7. The maximum atomic E-state index is 13.4. The van der Waals surface area contributed by atoms with Gasteiger partial charge < -0.3 is 0 Å². The van der Waals surface area contributed by atoms with Crippen molar-refractivity contribution in [3.05, 3.63) is 82.8 Å². The van der Waals surface area contributed by atoms with E-state index in [4.69, 9.17) is 0 Å². The van der Waals surface area contributed by atoms with Crippen LogP contribution in [0.5, 0.6) is 0 Å². The molecule has 182 valence electrons. The lowest BCUT2D eigenvalue weighted by Gasteiger charge is -2.22. The molecule has 2 aromatic heterocycles. The molecule has 0 saturated heterocycles. The summed E-state index contributed by atoms with van der Waals surface area (Å²) in [5.41, 5.74) is 5.56. The van der Waals surface area contributed by atoms with Crippen molar-refractivity contribution in [3.8, 4) is 16.8 Å². The predicted octanol–water partition coefficient (Wildman–Crippen LogP) is 5.43. The minimum Gasteiger partial charge on any atom is -0.299 e. The molecular weight excluding hydrogens is 436 g/mol. The van der Waals surface area contributed by atoms with Crippen molar-refractivity contribution in [3.63, 3.8) is 0 Å². The van der Waals surface area contributed by atoms with Gasteiger partial charge in [-0.3, -0.25) is 9.13 Å². The number of imidazole rings is 1. The Morgan fingerprint density at radius 3 is 2.49 bits per heavy atom. The van der Waals surface area contributed by atoms with Crippen molar-refractivity contribution < 1.29 is 0 Å². The molecule has 0 atom stereocenters. The smallest absolute Gasteiger partial charge is 0.299 e. The highest BCUT2D eigenvalue weighted by molar-refractivity contribution is 5.72. The highest BCUT2D eigenvalue weighted by Crippen LogP contribution is 2.33. The molecule has 35 heavy (non-hydrogen) atoms. The fraction of sp³-hybridized carbons (Fsp3) is 0.429. The molecule has 1 aliphatic carbocycles. The van der Waals surface area contributed by atoms with Gasteiger partial charge in [0.25, 0.3) is 0 Å². The van der Waals surface area contributed by atoms with E-state index in [1.54, 1.807) is 11.0 Å². The number of tetrazole rings is 1. The van der Waals surface area contributed by atoms with Crippen molar-refractivity contribution in [2.75, 3.05) is 0 Å². The minimum atomic E-state index is 0.124. The second-order valence-corrected chi connectivity index (χ2v) is 10.1. The Hall–Kier alpha value is -3.48. The molecule has 2 heterocycles. The van der Waals surface area contributed by atoms with Gasteiger partial charge in [0.15, 0.2) is 0 Å². The number of nitrogens with zero attached hydrogens (tertiary/aromatic N) is 6. The lowest BCUT2D eigenvalue weighted by Crippen LogP contribution is -2.26. The van der Waals surface area contributed by atoms with E-state index in [1.165, 1.54) is 37.8 Å². The van der Waals surface area contributed by atoms with Gasteiger partial charge in [-0.15, -0.1) is 5.10 Å². The van der Waals surface area contributed by atoms with Crippen molar-refractivity contribution in [2.45, 2.75) is 71.4 Å². The normalized spacial score (nSPS) is 14.6. The van der Waals surface area contributed by atoms with Gasteiger partial charge in [0.2, 0.25) is 0 Å². The van der Waals surface area contributed by atoms with Crippen LogP contribution in [0.25, 0.3) is 16.8 Å². The van der Waals surface area contributed by atoms with Crippen LogP contribution in [0.1, 0.15) is 69.5 Å². The third-order valence-electron chi connectivity index (χ3n) is 7.15. The van der Waals surface area contributed by atoms with E-state index in [2.05, 4.69) is 65.9 Å². The topological polar surface area (TPSA) is 70.5 Å². The lowest BCUT2D eigenvalue weighted by atomic mass is 9.87. The Bertz CT molecular complexity index is 1290. The quantitative estimate of drug-likeness (QED) is 0.344. The molecule has 1 aliphatic rings. The number of hydrogen-bond acceptors (Lipinski definition) is 4. The second-order valence-electron chi connectivity index (χ2n) is 10.1. The molecule has 4 aromatic rings. The molecule has 2 aromatic carbocycles. The highest BCUT2D eigenvalue weighted by Gasteiger charge is 2.22.